The Labute approximate surface area is 284 Å². The molecule has 4 heteroatoms. The summed E-state index contributed by atoms with van der Waals surface area (Å²) in [7, 11) is 0. The highest BCUT2D eigenvalue weighted by Crippen LogP contribution is 2.40. The Kier molecular flexibility index (Phi) is 7.10. The molecule has 2 heterocycles. The molecule has 0 aliphatic carbocycles. The fourth-order valence-electron chi connectivity index (χ4n) is 6.50. The Morgan fingerprint density at radius 2 is 0.959 bits per heavy atom. The van der Waals surface area contributed by atoms with Crippen LogP contribution in [0.3, 0.4) is 0 Å². The second-order valence-electron chi connectivity index (χ2n) is 12.0. The van der Waals surface area contributed by atoms with Crippen molar-refractivity contribution in [3.05, 3.63) is 176 Å². The molecule has 0 saturated heterocycles. The van der Waals surface area contributed by atoms with Gasteiger partial charge in [-0.25, -0.2) is 15.0 Å². The van der Waals surface area contributed by atoms with E-state index in [-0.39, 0.29) is 0 Å². The third-order valence-electron chi connectivity index (χ3n) is 8.95. The first-order chi connectivity index (χ1) is 24.3. The molecule has 9 aromatic rings. The van der Waals surface area contributed by atoms with Crippen LogP contribution in [0.2, 0.25) is 0 Å². The maximum Gasteiger partial charge on any atom is 0.227 e. The van der Waals surface area contributed by atoms with Gasteiger partial charge in [0, 0.05) is 22.3 Å². The SMILES string of the molecule is c1ccc(-c2cc(-c3ccccc3)nc(-c3ccc(-c4c(-c5ccc6nc(-c7ccccc7)oc6c5)ccc5ccccc45)cc3)n2)cc1. The van der Waals surface area contributed by atoms with Crippen LogP contribution in [0.5, 0.6) is 0 Å². The van der Waals surface area contributed by atoms with Crippen LogP contribution in [-0.2, 0) is 0 Å². The van der Waals surface area contributed by atoms with Gasteiger partial charge in [0.2, 0.25) is 5.89 Å². The van der Waals surface area contributed by atoms with Gasteiger partial charge in [-0.3, -0.25) is 0 Å². The zero-order valence-corrected chi connectivity index (χ0v) is 26.5. The van der Waals surface area contributed by atoms with E-state index in [1.807, 2.05) is 72.8 Å². The predicted octanol–water partition coefficient (Wildman–Crippen LogP) is 11.8. The first-order valence-corrected chi connectivity index (χ1v) is 16.4. The lowest BCUT2D eigenvalue weighted by molar-refractivity contribution is 0.620. The molecule has 0 fully saturated rings. The molecule has 49 heavy (non-hydrogen) atoms. The Morgan fingerprint density at radius 1 is 0.388 bits per heavy atom. The summed E-state index contributed by atoms with van der Waals surface area (Å²) in [4.78, 5) is 14.8. The Bertz CT molecular complexity index is 2520. The summed E-state index contributed by atoms with van der Waals surface area (Å²) < 4.78 is 6.27. The smallest absolute Gasteiger partial charge is 0.227 e. The fraction of sp³-hybridized carbons (Fsp3) is 0. The lowest BCUT2D eigenvalue weighted by Gasteiger charge is -2.15. The van der Waals surface area contributed by atoms with Crippen molar-refractivity contribution in [2.45, 2.75) is 0 Å². The number of rotatable bonds is 6. The lowest BCUT2D eigenvalue weighted by atomic mass is 9.89. The zero-order chi connectivity index (χ0) is 32.6. The van der Waals surface area contributed by atoms with E-state index in [0.717, 1.165) is 67.0 Å². The molecule has 0 spiro atoms. The van der Waals surface area contributed by atoms with Gasteiger partial charge in [0.25, 0.3) is 0 Å². The van der Waals surface area contributed by atoms with Gasteiger partial charge in [0.05, 0.1) is 11.4 Å². The van der Waals surface area contributed by atoms with E-state index < -0.39 is 0 Å². The molecule has 9 rings (SSSR count). The monoisotopic (exact) mass is 627 g/mol. The summed E-state index contributed by atoms with van der Waals surface area (Å²) in [5.41, 5.74) is 11.9. The molecule has 0 radical (unpaired) electrons. The van der Waals surface area contributed by atoms with Gasteiger partial charge in [-0.1, -0.05) is 146 Å². The molecule has 0 atom stereocenters. The van der Waals surface area contributed by atoms with Crippen LogP contribution < -0.4 is 0 Å². The highest BCUT2D eigenvalue weighted by molar-refractivity contribution is 6.05. The first-order valence-electron chi connectivity index (χ1n) is 16.4. The molecular weight excluding hydrogens is 599 g/mol. The van der Waals surface area contributed by atoms with Crippen LogP contribution >= 0.6 is 0 Å². The zero-order valence-electron chi connectivity index (χ0n) is 26.5. The maximum absolute atomic E-state index is 6.27. The molecule has 0 aliphatic rings. The normalized spacial score (nSPS) is 11.3. The van der Waals surface area contributed by atoms with Crippen molar-refractivity contribution in [2.24, 2.45) is 0 Å². The van der Waals surface area contributed by atoms with Crippen molar-refractivity contribution >= 4 is 21.9 Å². The van der Waals surface area contributed by atoms with Crippen molar-refractivity contribution in [1.29, 1.82) is 0 Å². The summed E-state index contributed by atoms with van der Waals surface area (Å²) in [6, 6.07) is 60.5. The van der Waals surface area contributed by atoms with Crippen molar-refractivity contribution in [3.8, 4) is 67.6 Å². The van der Waals surface area contributed by atoms with E-state index >= 15 is 0 Å². The molecule has 0 N–H and O–H groups in total. The Balaban J connectivity index is 1.15. The van der Waals surface area contributed by atoms with E-state index in [1.54, 1.807) is 0 Å². The number of oxazole rings is 1. The van der Waals surface area contributed by atoms with E-state index in [4.69, 9.17) is 19.4 Å². The lowest BCUT2D eigenvalue weighted by Crippen LogP contribution is -1.96. The van der Waals surface area contributed by atoms with Gasteiger partial charge in [-0.2, -0.15) is 0 Å². The number of hydrogen-bond acceptors (Lipinski definition) is 4. The maximum atomic E-state index is 6.27. The standard InChI is InChI=1S/C45H29N3O/c1-4-13-31(14-5-1)40-29-41(32-15-6-2-7-16-32)47-44(46-40)34-22-20-33(21-23-34)43-37-19-11-10-12-30(37)24-26-38(43)36-25-27-39-42(28-36)49-45(48-39)35-17-8-3-9-18-35/h1-29H. The summed E-state index contributed by atoms with van der Waals surface area (Å²) >= 11 is 0. The van der Waals surface area contributed by atoms with Gasteiger partial charge >= 0.3 is 0 Å². The predicted molar refractivity (Wildman–Crippen MR) is 200 cm³/mol. The first kappa shape index (κ1) is 28.6. The fourth-order valence-corrected chi connectivity index (χ4v) is 6.50. The summed E-state index contributed by atoms with van der Waals surface area (Å²) in [6.45, 7) is 0. The number of fused-ring (bicyclic) bond motifs is 2. The average molecular weight is 628 g/mol. The highest BCUT2D eigenvalue weighted by atomic mass is 16.3. The third-order valence-corrected chi connectivity index (χ3v) is 8.95. The minimum absolute atomic E-state index is 0.621. The van der Waals surface area contributed by atoms with Crippen molar-refractivity contribution in [3.63, 3.8) is 0 Å². The van der Waals surface area contributed by atoms with Crippen molar-refractivity contribution in [2.75, 3.05) is 0 Å². The molecule has 4 nitrogen and oxygen atoms in total. The van der Waals surface area contributed by atoms with Gasteiger partial charge in [-0.05, 0) is 63.4 Å². The molecule has 0 bridgehead atoms. The number of hydrogen-bond donors (Lipinski definition) is 0. The Morgan fingerprint density at radius 3 is 1.63 bits per heavy atom. The summed E-state index contributed by atoms with van der Waals surface area (Å²) in [6.07, 6.45) is 0. The van der Waals surface area contributed by atoms with Crippen LogP contribution in [0.25, 0.3) is 89.5 Å². The minimum Gasteiger partial charge on any atom is -0.436 e. The van der Waals surface area contributed by atoms with E-state index in [9.17, 15) is 0 Å². The van der Waals surface area contributed by atoms with E-state index in [2.05, 4.69) is 103 Å². The van der Waals surface area contributed by atoms with Gasteiger partial charge in [-0.15, -0.1) is 0 Å². The molecular formula is C45H29N3O. The minimum atomic E-state index is 0.621. The molecule has 230 valence electrons. The van der Waals surface area contributed by atoms with Gasteiger partial charge in [0.1, 0.15) is 5.52 Å². The van der Waals surface area contributed by atoms with E-state index in [1.165, 1.54) is 10.8 Å². The summed E-state index contributed by atoms with van der Waals surface area (Å²) in [5, 5.41) is 2.37. The molecule has 0 unspecified atom stereocenters. The molecule has 0 aliphatic heterocycles. The topological polar surface area (TPSA) is 51.8 Å². The molecule has 2 aromatic heterocycles. The highest BCUT2D eigenvalue weighted by Gasteiger charge is 2.16. The Hall–Kier alpha value is -6.65. The van der Waals surface area contributed by atoms with Crippen molar-refractivity contribution in [1.82, 2.24) is 15.0 Å². The van der Waals surface area contributed by atoms with Gasteiger partial charge in [0.15, 0.2) is 11.4 Å². The number of benzene rings is 7. The second kappa shape index (κ2) is 12.2. The van der Waals surface area contributed by atoms with Crippen LogP contribution in [0, 0.1) is 0 Å². The van der Waals surface area contributed by atoms with E-state index in [0.29, 0.717) is 11.7 Å². The number of aromatic nitrogens is 3. The molecule has 0 saturated carbocycles. The quantitative estimate of drug-likeness (QED) is 0.184. The average Bonchev–Trinajstić information content (AvgIpc) is 3.62. The van der Waals surface area contributed by atoms with Crippen LogP contribution in [-0.4, -0.2) is 15.0 Å². The van der Waals surface area contributed by atoms with Gasteiger partial charge < -0.3 is 4.42 Å². The van der Waals surface area contributed by atoms with Crippen molar-refractivity contribution < 1.29 is 4.42 Å². The molecule has 7 aromatic carbocycles. The third kappa shape index (κ3) is 5.45. The summed E-state index contributed by atoms with van der Waals surface area (Å²) in [5.74, 6) is 1.31. The van der Waals surface area contributed by atoms with Crippen LogP contribution in [0.1, 0.15) is 0 Å². The number of nitrogens with zero attached hydrogens (tertiary/aromatic N) is 3. The molecule has 0 amide bonds. The largest absolute Gasteiger partial charge is 0.436 e. The van der Waals surface area contributed by atoms with Crippen LogP contribution in [0.15, 0.2) is 180 Å². The second-order valence-corrected chi connectivity index (χ2v) is 12.0. The van der Waals surface area contributed by atoms with Crippen LogP contribution in [0.4, 0.5) is 0 Å².